The summed E-state index contributed by atoms with van der Waals surface area (Å²) in [5.41, 5.74) is 0. The molecule has 244 valence electrons. The van der Waals surface area contributed by atoms with E-state index in [0.29, 0.717) is 29.7 Å². The summed E-state index contributed by atoms with van der Waals surface area (Å²) in [5, 5.41) is 11.1. The third-order valence-corrected chi connectivity index (χ3v) is 13.0. The number of hydrogen-bond acceptors (Lipinski definition) is 6. The third-order valence-electron chi connectivity index (χ3n) is 13.0. The van der Waals surface area contributed by atoms with Crippen molar-refractivity contribution in [1.29, 1.82) is 0 Å². The maximum absolute atomic E-state index is 13.5. The number of nitrogens with zero attached hydrogens (tertiary/aromatic N) is 3. The van der Waals surface area contributed by atoms with Crippen LogP contribution in [-0.4, -0.2) is 104 Å². The predicted molar refractivity (Wildman–Crippen MR) is 172 cm³/mol. The van der Waals surface area contributed by atoms with E-state index >= 15 is 0 Å². The van der Waals surface area contributed by atoms with Crippen LogP contribution < -0.4 is 16.0 Å². The van der Waals surface area contributed by atoms with Gasteiger partial charge in [-0.3, -0.25) is 19.8 Å². The summed E-state index contributed by atoms with van der Waals surface area (Å²) in [6.45, 7) is 12.4. The van der Waals surface area contributed by atoms with Crippen LogP contribution in [0.25, 0.3) is 0 Å². The number of carbonyl (C=O) groups excluding carboxylic acids is 2. The molecular weight excluding hydrogens is 536 g/mol. The zero-order valence-electron chi connectivity index (χ0n) is 27.6. The van der Waals surface area contributed by atoms with E-state index in [0.717, 1.165) is 63.6 Å². The van der Waals surface area contributed by atoms with Crippen LogP contribution in [0.1, 0.15) is 97.3 Å². The van der Waals surface area contributed by atoms with E-state index in [1.807, 2.05) is 11.9 Å². The average molecular weight is 599 g/mol. The van der Waals surface area contributed by atoms with Gasteiger partial charge in [-0.2, -0.15) is 0 Å². The summed E-state index contributed by atoms with van der Waals surface area (Å²) < 4.78 is 0. The van der Waals surface area contributed by atoms with Gasteiger partial charge in [-0.25, -0.2) is 0 Å². The van der Waals surface area contributed by atoms with E-state index in [2.05, 4.69) is 39.6 Å². The van der Waals surface area contributed by atoms with Gasteiger partial charge in [0, 0.05) is 64.3 Å². The summed E-state index contributed by atoms with van der Waals surface area (Å²) in [4.78, 5) is 34.0. The molecule has 3 heterocycles. The number of likely N-dealkylation sites (N-methyl/N-ethyl adjacent to an activating group) is 2. The SMILES string of the molecule is CCN1CCN(C2CCC(NC3CC(C4CCCC(NC(=O)C5CC6CCCCCC6C5)C4C)CN(C)C3=O)NC2)CC1. The zero-order valence-corrected chi connectivity index (χ0v) is 27.6. The van der Waals surface area contributed by atoms with Crippen molar-refractivity contribution in [1.82, 2.24) is 30.7 Å². The Bertz CT molecular complexity index is 917. The van der Waals surface area contributed by atoms with Gasteiger partial charge in [-0.05, 0) is 81.1 Å². The van der Waals surface area contributed by atoms with Crippen LogP contribution in [0, 0.1) is 35.5 Å². The molecule has 3 aliphatic heterocycles. The van der Waals surface area contributed by atoms with Crippen molar-refractivity contribution in [2.45, 2.75) is 122 Å². The number of piperazine rings is 1. The van der Waals surface area contributed by atoms with Crippen molar-refractivity contribution in [3.05, 3.63) is 0 Å². The van der Waals surface area contributed by atoms with Crippen molar-refractivity contribution in [3.8, 4) is 0 Å². The second-order valence-corrected chi connectivity index (χ2v) is 15.5. The Morgan fingerprint density at radius 2 is 1.63 bits per heavy atom. The summed E-state index contributed by atoms with van der Waals surface area (Å²) in [5.74, 6) is 3.90. The van der Waals surface area contributed by atoms with Gasteiger partial charge in [0.2, 0.25) is 11.8 Å². The molecule has 3 aliphatic carbocycles. The van der Waals surface area contributed by atoms with Gasteiger partial charge in [-0.15, -0.1) is 0 Å². The number of nitrogens with one attached hydrogen (secondary N) is 3. The van der Waals surface area contributed by atoms with Crippen LogP contribution in [0.2, 0.25) is 0 Å². The minimum absolute atomic E-state index is 0.112. The summed E-state index contributed by atoms with van der Waals surface area (Å²) >= 11 is 0. The number of hydrogen-bond donors (Lipinski definition) is 3. The highest BCUT2D eigenvalue weighted by molar-refractivity contribution is 5.82. The lowest BCUT2D eigenvalue weighted by Crippen LogP contribution is -2.62. The highest BCUT2D eigenvalue weighted by atomic mass is 16.2. The molecule has 8 nitrogen and oxygen atoms in total. The quantitative estimate of drug-likeness (QED) is 0.415. The smallest absolute Gasteiger partial charge is 0.239 e. The van der Waals surface area contributed by atoms with Gasteiger partial charge < -0.3 is 20.4 Å². The molecular formula is C35H62N6O2. The molecule has 6 aliphatic rings. The Morgan fingerprint density at radius 1 is 0.884 bits per heavy atom. The fourth-order valence-corrected chi connectivity index (χ4v) is 10.3. The van der Waals surface area contributed by atoms with Crippen LogP contribution >= 0.6 is 0 Å². The predicted octanol–water partition coefficient (Wildman–Crippen LogP) is 3.67. The molecule has 9 unspecified atom stereocenters. The van der Waals surface area contributed by atoms with Gasteiger partial charge >= 0.3 is 0 Å². The Balaban J connectivity index is 0.993. The van der Waals surface area contributed by atoms with E-state index in [9.17, 15) is 9.59 Å². The van der Waals surface area contributed by atoms with E-state index in [4.69, 9.17) is 0 Å². The molecule has 0 radical (unpaired) electrons. The minimum atomic E-state index is -0.112. The molecule has 0 aromatic heterocycles. The second-order valence-electron chi connectivity index (χ2n) is 15.5. The van der Waals surface area contributed by atoms with Crippen molar-refractivity contribution in [2.75, 3.05) is 52.9 Å². The maximum atomic E-state index is 13.5. The third kappa shape index (κ3) is 7.44. The van der Waals surface area contributed by atoms with Crippen LogP contribution in [0.3, 0.4) is 0 Å². The van der Waals surface area contributed by atoms with Crippen molar-refractivity contribution in [2.24, 2.45) is 35.5 Å². The van der Waals surface area contributed by atoms with Crippen LogP contribution in [0.5, 0.6) is 0 Å². The molecule has 8 heteroatoms. The molecule has 3 N–H and O–H groups in total. The van der Waals surface area contributed by atoms with Gasteiger partial charge in [0.05, 0.1) is 12.2 Å². The number of amides is 2. The van der Waals surface area contributed by atoms with Gasteiger partial charge in [0.1, 0.15) is 0 Å². The van der Waals surface area contributed by atoms with Gasteiger partial charge in [0.25, 0.3) is 0 Å². The average Bonchev–Trinajstić information content (AvgIpc) is 3.31. The highest BCUT2D eigenvalue weighted by Gasteiger charge is 2.44. The molecule has 0 aromatic carbocycles. The van der Waals surface area contributed by atoms with E-state index in [-0.39, 0.29) is 30.1 Å². The van der Waals surface area contributed by atoms with Crippen molar-refractivity contribution >= 4 is 11.8 Å². The monoisotopic (exact) mass is 598 g/mol. The number of fused-ring (bicyclic) bond motifs is 1. The molecule has 6 rings (SSSR count). The maximum Gasteiger partial charge on any atom is 0.239 e. The van der Waals surface area contributed by atoms with Crippen LogP contribution in [-0.2, 0) is 9.59 Å². The fraction of sp³-hybridized carbons (Fsp3) is 0.943. The summed E-state index contributed by atoms with van der Waals surface area (Å²) in [7, 11) is 2.00. The number of piperidine rings is 2. The fourth-order valence-electron chi connectivity index (χ4n) is 10.3. The van der Waals surface area contributed by atoms with Crippen LogP contribution in [0.15, 0.2) is 0 Å². The Labute approximate surface area is 261 Å². The molecule has 2 amide bonds. The first-order valence-corrected chi connectivity index (χ1v) is 18.4. The van der Waals surface area contributed by atoms with Gasteiger partial charge in [-0.1, -0.05) is 52.4 Å². The second kappa shape index (κ2) is 14.5. The van der Waals surface area contributed by atoms with E-state index in [1.54, 1.807) is 0 Å². The molecule has 3 saturated heterocycles. The van der Waals surface area contributed by atoms with Crippen LogP contribution in [0.4, 0.5) is 0 Å². The Hall–Kier alpha value is -1.22. The number of likely N-dealkylation sites (tertiary alicyclic amines) is 1. The molecule has 6 fully saturated rings. The molecule has 0 spiro atoms. The standard InChI is InChI=1S/C35H62N6O2/c1-4-40-15-17-41(18-16-40)29-13-14-33(36-22-29)37-32-21-28(23-39(3)35(32)43)30-11-8-12-31(24(30)2)38-34(42)27-19-25-9-6-5-7-10-26(25)20-27/h24-33,36-37H,4-23H2,1-3H3,(H,38,42). The largest absolute Gasteiger partial charge is 0.353 e. The first kappa shape index (κ1) is 31.7. The Morgan fingerprint density at radius 3 is 2.30 bits per heavy atom. The van der Waals surface area contributed by atoms with Crippen molar-refractivity contribution < 1.29 is 9.59 Å². The Kier molecular flexibility index (Phi) is 10.7. The minimum Gasteiger partial charge on any atom is -0.353 e. The molecule has 9 atom stereocenters. The van der Waals surface area contributed by atoms with Gasteiger partial charge in [0.15, 0.2) is 0 Å². The molecule has 0 bridgehead atoms. The number of carbonyl (C=O) groups is 2. The first-order valence-electron chi connectivity index (χ1n) is 18.4. The first-order chi connectivity index (χ1) is 20.9. The van der Waals surface area contributed by atoms with E-state index < -0.39 is 0 Å². The molecule has 3 saturated carbocycles. The van der Waals surface area contributed by atoms with E-state index in [1.165, 1.54) is 77.5 Å². The topological polar surface area (TPSA) is 80.0 Å². The van der Waals surface area contributed by atoms with Crippen molar-refractivity contribution in [3.63, 3.8) is 0 Å². The summed E-state index contributed by atoms with van der Waals surface area (Å²) in [6, 6.07) is 0.781. The molecule has 0 aromatic rings. The highest BCUT2D eigenvalue weighted by Crippen LogP contribution is 2.45. The lowest BCUT2D eigenvalue weighted by Gasteiger charge is -2.46. The lowest BCUT2D eigenvalue weighted by atomic mass is 9.68. The zero-order chi connectivity index (χ0) is 29.9. The molecule has 43 heavy (non-hydrogen) atoms. The number of rotatable bonds is 7. The summed E-state index contributed by atoms with van der Waals surface area (Å²) in [6.07, 6.45) is 15.9. The normalized spacial score (nSPS) is 41.9. The lowest BCUT2D eigenvalue weighted by molar-refractivity contribution is -0.138.